The van der Waals surface area contributed by atoms with Crippen molar-refractivity contribution >= 4 is 17.3 Å². The summed E-state index contributed by atoms with van der Waals surface area (Å²) < 4.78 is 60.2. The molecule has 0 radical (unpaired) electrons. The molecule has 1 fully saturated rings. The summed E-state index contributed by atoms with van der Waals surface area (Å²) in [4.78, 5) is 19.0. The van der Waals surface area contributed by atoms with E-state index in [0.717, 1.165) is 28.9 Å². The van der Waals surface area contributed by atoms with E-state index in [-0.39, 0.29) is 18.6 Å². The van der Waals surface area contributed by atoms with Crippen LogP contribution < -0.4 is 10.2 Å². The number of carbonyl (C=O) groups excluding carboxylic acids is 1. The number of alkyl halides is 4. The molecular formula is C27H25F4N3O3. The number of aliphatic hydroxyl groups excluding tert-OH is 1. The number of carbonyl (C=O) groups is 1. The molecule has 0 bridgehead atoms. The molecule has 37 heavy (non-hydrogen) atoms. The Balaban J connectivity index is 1.45. The van der Waals surface area contributed by atoms with E-state index in [1.54, 1.807) is 6.07 Å². The zero-order valence-electron chi connectivity index (χ0n) is 20.0. The maximum Gasteiger partial charge on any atom is 0.416 e. The van der Waals surface area contributed by atoms with Gasteiger partial charge in [0.25, 0.3) is 5.91 Å². The van der Waals surface area contributed by atoms with E-state index in [0.29, 0.717) is 30.1 Å². The normalized spacial score (nSPS) is 21.2. The van der Waals surface area contributed by atoms with Gasteiger partial charge in [-0.05, 0) is 48.4 Å². The van der Waals surface area contributed by atoms with Crippen molar-refractivity contribution in [2.24, 2.45) is 0 Å². The highest BCUT2D eigenvalue weighted by Crippen LogP contribution is 2.42. The topological polar surface area (TPSA) is 74.7 Å². The van der Waals surface area contributed by atoms with Crippen LogP contribution in [0.5, 0.6) is 0 Å². The van der Waals surface area contributed by atoms with Gasteiger partial charge in [-0.2, -0.15) is 13.2 Å². The molecule has 1 aromatic heterocycles. The summed E-state index contributed by atoms with van der Waals surface area (Å²) in [6.07, 6.45) is -3.05. The summed E-state index contributed by atoms with van der Waals surface area (Å²) in [7, 11) is 0. The second-order valence-electron chi connectivity index (χ2n) is 9.39. The number of rotatable bonds is 4. The molecular weight excluding hydrogens is 490 g/mol. The van der Waals surface area contributed by atoms with Crippen molar-refractivity contribution < 1.29 is 32.2 Å². The summed E-state index contributed by atoms with van der Waals surface area (Å²) >= 11 is 0. The average Bonchev–Trinajstić information content (AvgIpc) is 2.89. The number of pyridine rings is 1. The third kappa shape index (κ3) is 4.78. The molecule has 1 saturated heterocycles. The molecule has 0 spiro atoms. The fourth-order valence-electron chi connectivity index (χ4n) is 5.00. The SMILES string of the molecule is Cc1ncc(NC(=O)c2cccc(C(F)(F)F)c2)cc1-c1ccc2c(c1)N1CCOC[C@H]1[C@@](F)(CO)C2. The van der Waals surface area contributed by atoms with Gasteiger partial charge in [-0.25, -0.2) is 4.39 Å². The molecule has 3 heterocycles. The molecule has 2 atom stereocenters. The molecule has 2 aromatic carbocycles. The Morgan fingerprint density at radius 1 is 1.24 bits per heavy atom. The van der Waals surface area contributed by atoms with E-state index in [1.165, 1.54) is 18.3 Å². The van der Waals surface area contributed by atoms with Gasteiger partial charge in [-0.15, -0.1) is 0 Å². The summed E-state index contributed by atoms with van der Waals surface area (Å²) in [5.41, 5.74) is 1.31. The number of anilines is 2. The molecule has 2 N–H and O–H groups in total. The second-order valence-corrected chi connectivity index (χ2v) is 9.39. The van der Waals surface area contributed by atoms with Crippen LogP contribution in [0.4, 0.5) is 28.9 Å². The second kappa shape index (κ2) is 9.42. The van der Waals surface area contributed by atoms with Crippen LogP contribution in [0.25, 0.3) is 11.1 Å². The maximum absolute atomic E-state index is 15.5. The number of morpholine rings is 1. The van der Waals surface area contributed by atoms with Gasteiger partial charge in [-0.3, -0.25) is 9.78 Å². The molecule has 0 unspecified atom stereocenters. The zero-order chi connectivity index (χ0) is 26.4. The lowest BCUT2D eigenvalue weighted by molar-refractivity contribution is -0.137. The molecule has 194 valence electrons. The Morgan fingerprint density at radius 2 is 2.05 bits per heavy atom. The standard InChI is InChI=1S/C27H25F4N3O3/c1-16-22(11-21(13-32-16)33-25(36)18-3-2-4-20(9-18)27(29,30)31)17-5-6-19-12-26(28,15-35)24-14-37-8-7-34(24)23(19)10-17/h2-6,9-11,13,24,35H,7-8,12,14-15H2,1H3,(H,33,36)/t24-,26-/m0/s1. The number of halogens is 4. The number of benzene rings is 2. The van der Waals surface area contributed by atoms with Crippen molar-refractivity contribution in [3.05, 3.63) is 77.1 Å². The van der Waals surface area contributed by atoms with E-state index in [2.05, 4.69) is 10.3 Å². The fourth-order valence-corrected chi connectivity index (χ4v) is 5.00. The third-order valence-electron chi connectivity index (χ3n) is 6.98. The monoisotopic (exact) mass is 515 g/mol. The van der Waals surface area contributed by atoms with Crippen LogP contribution in [-0.2, 0) is 17.3 Å². The molecule has 2 aliphatic rings. The largest absolute Gasteiger partial charge is 0.416 e. The number of hydrogen-bond acceptors (Lipinski definition) is 5. The minimum absolute atomic E-state index is 0.0635. The Labute approximate surface area is 210 Å². The van der Waals surface area contributed by atoms with Crippen molar-refractivity contribution in [2.75, 3.05) is 36.6 Å². The summed E-state index contributed by atoms with van der Waals surface area (Å²) in [6.45, 7) is 2.31. The first-order valence-electron chi connectivity index (χ1n) is 11.8. The van der Waals surface area contributed by atoms with Gasteiger partial charge in [0.15, 0.2) is 5.67 Å². The maximum atomic E-state index is 15.5. The fraction of sp³-hybridized carbons (Fsp3) is 0.333. The van der Waals surface area contributed by atoms with Crippen LogP contribution >= 0.6 is 0 Å². The smallest absolute Gasteiger partial charge is 0.393 e. The molecule has 3 aromatic rings. The Hall–Kier alpha value is -3.50. The van der Waals surface area contributed by atoms with E-state index < -0.39 is 36.0 Å². The van der Waals surface area contributed by atoms with Crippen LogP contribution in [0.3, 0.4) is 0 Å². The lowest BCUT2D eigenvalue weighted by Gasteiger charge is -2.48. The first kappa shape index (κ1) is 25.2. The number of ether oxygens (including phenoxy) is 1. The van der Waals surface area contributed by atoms with Gasteiger partial charge in [0, 0.05) is 35.5 Å². The first-order chi connectivity index (χ1) is 17.6. The van der Waals surface area contributed by atoms with Gasteiger partial charge in [-0.1, -0.05) is 18.2 Å². The van der Waals surface area contributed by atoms with E-state index in [9.17, 15) is 23.1 Å². The van der Waals surface area contributed by atoms with E-state index in [1.807, 2.05) is 30.0 Å². The lowest BCUT2D eigenvalue weighted by Crippen LogP contribution is -2.62. The molecule has 0 saturated carbocycles. The number of fused-ring (bicyclic) bond motifs is 3. The number of amides is 1. The molecule has 2 aliphatic heterocycles. The highest BCUT2D eigenvalue weighted by Gasteiger charge is 2.48. The number of nitrogens with one attached hydrogen (secondary N) is 1. The summed E-state index contributed by atoms with van der Waals surface area (Å²) in [5.74, 6) is -0.687. The highest BCUT2D eigenvalue weighted by atomic mass is 19.4. The number of nitrogens with zero attached hydrogens (tertiary/aromatic N) is 2. The van der Waals surface area contributed by atoms with Gasteiger partial charge < -0.3 is 20.1 Å². The molecule has 10 heteroatoms. The van der Waals surface area contributed by atoms with Gasteiger partial charge in [0.05, 0.1) is 43.3 Å². The van der Waals surface area contributed by atoms with Crippen molar-refractivity contribution in [3.63, 3.8) is 0 Å². The molecule has 1 amide bonds. The van der Waals surface area contributed by atoms with Crippen LogP contribution in [0, 0.1) is 6.92 Å². The van der Waals surface area contributed by atoms with Crippen LogP contribution in [0.15, 0.2) is 54.7 Å². The zero-order valence-corrected chi connectivity index (χ0v) is 20.0. The highest BCUT2D eigenvalue weighted by molar-refractivity contribution is 6.04. The minimum Gasteiger partial charge on any atom is -0.393 e. The van der Waals surface area contributed by atoms with Crippen molar-refractivity contribution in [3.8, 4) is 11.1 Å². The Kier molecular flexibility index (Phi) is 6.41. The average molecular weight is 516 g/mol. The van der Waals surface area contributed by atoms with E-state index >= 15 is 4.39 Å². The van der Waals surface area contributed by atoms with E-state index in [4.69, 9.17) is 4.74 Å². The Bertz CT molecular complexity index is 1350. The molecule has 5 rings (SSSR count). The molecule has 0 aliphatic carbocycles. The van der Waals surface area contributed by atoms with Crippen LogP contribution in [0.1, 0.15) is 27.2 Å². The molecule has 6 nitrogen and oxygen atoms in total. The van der Waals surface area contributed by atoms with Gasteiger partial charge in [0.2, 0.25) is 0 Å². The van der Waals surface area contributed by atoms with Crippen molar-refractivity contribution in [1.29, 1.82) is 0 Å². The number of aliphatic hydroxyl groups is 1. The predicted molar refractivity (Wildman–Crippen MR) is 130 cm³/mol. The van der Waals surface area contributed by atoms with Crippen LogP contribution in [-0.4, -0.2) is 54.1 Å². The third-order valence-corrected chi connectivity index (χ3v) is 6.98. The van der Waals surface area contributed by atoms with Crippen molar-refractivity contribution in [2.45, 2.75) is 31.2 Å². The number of hydrogen-bond donors (Lipinski definition) is 2. The summed E-state index contributed by atoms with van der Waals surface area (Å²) in [5, 5.41) is 12.4. The lowest BCUT2D eigenvalue weighted by atomic mass is 9.82. The summed E-state index contributed by atoms with van der Waals surface area (Å²) in [6, 6.07) is 10.9. The number of aryl methyl sites for hydroxylation is 1. The van der Waals surface area contributed by atoms with Crippen LogP contribution in [0.2, 0.25) is 0 Å². The van der Waals surface area contributed by atoms with Crippen molar-refractivity contribution in [1.82, 2.24) is 4.98 Å². The minimum atomic E-state index is -4.56. The first-order valence-corrected chi connectivity index (χ1v) is 11.8. The quantitative estimate of drug-likeness (QED) is 0.489. The predicted octanol–water partition coefficient (Wildman–Crippen LogP) is 4.79. The Morgan fingerprint density at radius 3 is 2.81 bits per heavy atom. The van der Waals surface area contributed by atoms with Gasteiger partial charge in [0.1, 0.15) is 0 Å². The number of aromatic nitrogens is 1. The van der Waals surface area contributed by atoms with Gasteiger partial charge >= 0.3 is 6.18 Å².